The van der Waals surface area contributed by atoms with Gasteiger partial charge in [0.15, 0.2) is 0 Å². The largest absolute Gasteiger partial charge is 0.359 e. The van der Waals surface area contributed by atoms with Gasteiger partial charge in [0.1, 0.15) is 0 Å². The fourth-order valence-corrected chi connectivity index (χ4v) is 2.73. The molecule has 0 bridgehead atoms. The Morgan fingerprint density at radius 2 is 1.90 bits per heavy atom. The highest BCUT2D eigenvalue weighted by molar-refractivity contribution is 5.80. The molecule has 5 nitrogen and oxygen atoms in total. The standard InChI is InChI=1S/C16H23N3O2/c1-18-16(21)13-7-9-19(10-8-13)15(20)11-14(17)12-5-3-2-4-6-12/h2-6,13-14H,7-11,17H2,1H3,(H,18,21). The Balaban J connectivity index is 1.84. The molecule has 5 heteroatoms. The predicted octanol–water partition coefficient (Wildman–Crippen LogP) is 1.06. The summed E-state index contributed by atoms with van der Waals surface area (Å²) in [6.07, 6.45) is 1.77. The van der Waals surface area contributed by atoms with E-state index in [0.717, 1.165) is 18.4 Å². The Morgan fingerprint density at radius 1 is 1.29 bits per heavy atom. The molecule has 1 aromatic carbocycles. The summed E-state index contributed by atoms with van der Waals surface area (Å²) < 4.78 is 0. The molecule has 2 amide bonds. The molecule has 1 aromatic rings. The van der Waals surface area contributed by atoms with Crippen molar-refractivity contribution in [2.24, 2.45) is 11.7 Å². The highest BCUT2D eigenvalue weighted by atomic mass is 16.2. The molecule has 1 heterocycles. The topological polar surface area (TPSA) is 75.4 Å². The zero-order chi connectivity index (χ0) is 15.2. The number of amides is 2. The van der Waals surface area contributed by atoms with Crippen LogP contribution in [0.3, 0.4) is 0 Å². The molecule has 1 saturated heterocycles. The van der Waals surface area contributed by atoms with Gasteiger partial charge in [-0.15, -0.1) is 0 Å². The van der Waals surface area contributed by atoms with E-state index >= 15 is 0 Å². The Kier molecular flexibility index (Phi) is 5.33. The number of nitrogens with two attached hydrogens (primary N) is 1. The second kappa shape index (κ2) is 7.22. The first-order chi connectivity index (χ1) is 10.1. The summed E-state index contributed by atoms with van der Waals surface area (Å²) in [5.41, 5.74) is 7.07. The van der Waals surface area contributed by atoms with Crippen LogP contribution >= 0.6 is 0 Å². The summed E-state index contributed by atoms with van der Waals surface area (Å²) in [4.78, 5) is 25.7. The van der Waals surface area contributed by atoms with Crippen LogP contribution in [0.4, 0.5) is 0 Å². The SMILES string of the molecule is CNC(=O)C1CCN(C(=O)CC(N)c2ccccc2)CC1. The zero-order valence-electron chi connectivity index (χ0n) is 12.4. The van der Waals surface area contributed by atoms with Crippen LogP contribution in [0.5, 0.6) is 0 Å². The summed E-state index contributed by atoms with van der Waals surface area (Å²) in [7, 11) is 1.65. The highest BCUT2D eigenvalue weighted by Gasteiger charge is 2.27. The fraction of sp³-hybridized carbons (Fsp3) is 0.500. The van der Waals surface area contributed by atoms with E-state index in [1.807, 2.05) is 35.2 Å². The van der Waals surface area contributed by atoms with Crippen molar-refractivity contribution >= 4 is 11.8 Å². The lowest BCUT2D eigenvalue weighted by molar-refractivity contribution is -0.135. The molecule has 0 aromatic heterocycles. The number of carbonyl (C=O) groups is 2. The van der Waals surface area contributed by atoms with Gasteiger partial charge in [-0.05, 0) is 18.4 Å². The molecular weight excluding hydrogens is 266 g/mol. The van der Waals surface area contributed by atoms with Crippen molar-refractivity contribution in [1.82, 2.24) is 10.2 Å². The van der Waals surface area contributed by atoms with Crippen LogP contribution in [0.2, 0.25) is 0 Å². The Labute approximate surface area is 125 Å². The predicted molar refractivity (Wildman–Crippen MR) is 81.4 cm³/mol. The van der Waals surface area contributed by atoms with Crippen molar-refractivity contribution in [3.8, 4) is 0 Å². The van der Waals surface area contributed by atoms with E-state index in [2.05, 4.69) is 5.32 Å². The monoisotopic (exact) mass is 289 g/mol. The van der Waals surface area contributed by atoms with Crippen molar-refractivity contribution < 1.29 is 9.59 Å². The Morgan fingerprint density at radius 3 is 2.48 bits per heavy atom. The van der Waals surface area contributed by atoms with Gasteiger partial charge in [-0.1, -0.05) is 30.3 Å². The van der Waals surface area contributed by atoms with E-state index < -0.39 is 0 Å². The molecule has 1 aliphatic rings. The number of hydrogen-bond donors (Lipinski definition) is 2. The third-order valence-electron chi connectivity index (χ3n) is 4.09. The van der Waals surface area contributed by atoms with Crippen LogP contribution in [0.25, 0.3) is 0 Å². The maximum atomic E-state index is 12.3. The van der Waals surface area contributed by atoms with Crippen molar-refractivity contribution in [2.75, 3.05) is 20.1 Å². The second-order valence-corrected chi connectivity index (χ2v) is 5.49. The number of nitrogens with one attached hydrogen (secondary N) is 1. The Hall–Kier alpha value is -1.88. The molecule has 0 radical (unpaired) electrons. The van der Waals surface area contributed by atoms with Gasteiger partial charge in [0.25, 0.3) is 0 Å². The molecule has 3 N–H and O–H groups in total. The summed E-state index contributed by atoms with van der Waals surface area (Å²) in [5.74, 6) is 0.173. The van der Waals surface area contributed by atoms with Crippen molar-refractivity contribution in [1.29, 1.82) is 0 Å². The van der Waals surface area contributed by atoms with Crippen LogP contribution < -0.4 is 11.1 Å². The van der Waals surface area contributed by atoms with E-state index in [-0.39, 0.29) is 23.8 Å². The smallest absolute Gasteiger partial charge is 0.224 e. The number of nitrogens with zero attached hydrogens (tertiary/aromatic N) is 1. The van der Waals surface area contributed by atoms with E-state index in [1.165, 1.54) is 0 Å². The molecule has 0 spiro atoms. The van der Waals surface area contributed by atoms with Gasteiger partial charge in [-0.25, -0.2) is 0 Å². The highest BCUT2D eigenvalue weighted by Crippen LogP contribution is 2.20. The van der Waals surface area contributed by atoms with Crippen LogP contribution in [0.15, 0.2) is 30.3 Å². The minimum absolute atomic E-state index is 0.0295. The zero-order valence-corrected chi connectivity index (χ0v) is 12.4. The summed E-state index contributed by atoms with van der Waals surface area (Å²) in [6, 6.07) is 9.39. The number of hydrogen-bond acceptors (Lipinski definition) is 3. The molecule has 21 heavy (non-hydrogen) atoms. The summed E-state index contributed by atoms with van der Waals surface area (Å²) in [5, 5.41) is 2.67. The summed E-state index contributed by atoms with van der Waals surface area (Å²) in [6.45, 7) is 1.27. The lowest BCUT2D eigenvalue weighted by atomic mass is 9.95. The van der Waals surface area contributed by atoms with E-state index in [9.17, 15) is 9.59 Å². The van der Waals surface area contributed by atoms with Crippen molar-refractivity contribution in [2.45, 2.75) is 25.3 Å². The lowest BCUT2D eigenvalue weighted by Gasteiger charge is -2.31. The number of likely N-dealkylation sites (tertiary alicyclic amines) is 1. The van der Waals surface area contributed by atoms with E-state index in [0.29, 0.717) is 19.5 Å². The maximum Gasteiger partial charge on any atom is 0.224 e. The van der Waals surface area contributed by atoms with Crippen molar-refractivity contribution in [3.05, 3.63) is 35.9 Å². The van der Waals surface area contributed by atoms with Crippen molar-refractivity contribution in [3.63, 3.8) is 0 Å². The van der Waals surface area contributed by atoms with Crippen LogP contribution in [0.1, 0.15) is 30.9 Å². The minimum Gasteiger partial charge on any atom is -0.359 e. The Bertz CT molecular complexity index is 482. The van der Waals surface area contributed by atoms with Gasteiger partial charge in [-0.2, -0.15) is 0 Å². The van der Waals surface area contributed by atoms with Gasteiger partial charge in [0.2, 0.25) is 11.8 Å². The first-order valence-electron chi connectivity index (χ1n) is 7.41. The number of carbonyl (C=O) groups excluding carboxylic acids is 2. The van der Waals surface area contributed by atoms with Gasteiger partial charge >= 0.3 is 0 Å². The molecule has 1 fully saturated rings. The fourth-order valence-electron chi connectivity index (χ4n) is 2.73. The quantitative estimate of drug-likeness (QED) is 0.870. The molecule has 1 aliphatic heterocycles. The van der Waals surface area contributed by atoms with Gasteiger partial charge < -0.3 is 16.0 Å². The molecular formula is C16H23N3O2. The second-order valence-electron chi connectivity index (χ2n) is 5.49. The van der Waals surface area contributed by atoms with Crippen LogP contribution in [-0.4, -0.2) is 36.9 Å². The van der Waals surface area contributed by atoms with Gasteiger partial charge in [0, 0.05) is 38.5 Å². The number of piperidine rings is 1. The average Bonchev–Trinajstić information content (AvgIpc) is 2.55. The lowest BCUT2D eigenvalue weighted by Crippen LogP contribution is -2.43. The molecule has 1 unspecified atom stereocenters. The maximum absolute atomic E-state index is 12.3. The van der Waals surface area contributed by atoms with Gasteiger partial charge in [0.05, 0.1) is 0 Å². The molecule has 2 rings (SSSR count). The number of rotatable bonds is 4. The normalized spacial score (nSPS) is 17.3. The van der Waals surface area contributed by atoms with Gasteiger partial charge in [-0.3, -0.25) is 9.59 Å². The third-order valence-corrected chi connectivity index (χ3v) is 4.09. The van der Waals surface area contributed by atoms with E-state index in [4.69, 9.17) is 5.73 Å². The summed E-state index contributed by atoms with van der Waals surface area (Å²) >= 11 is 0. The third kappa shape index (κ3) is 4.04. The molecule has 114 valence electrons. The first-order valence-corrected chi connectivity index (χ1v) is 7.41. The minimum atomic E-state index is -0.268. The average molecular weight is 289 g/mol. The van der Waals surface area contributed by atoms with Crippen LogP contribution in [-0.2, 0) is 9.59 Å². The molecule has 0 saturated carbocycles. The molecule has 1 atom stereocenters. The first kappa shape index (κ1) is 15.5. The molecule has 0 aliphatic carbocycles. The number of benzene rings is 1. The van der Waals surface area contributed by atoms with E-state index in [1.54, 1.807) is 7.05 Å². The van der Waals surface area contributed by atoms with Crippen LogP contribution in [0, 0.1) is 5.92 Å².